The van der Waals surface area contributed by atoms with Crippen LogP contribution in [-0.4, -0.2) is 21.2 Å². The van der Waals surface area contributed by atoms with Gasteiger partial charge in [-0.2, -0.15) is 13.2 Å². The van der Waals surface area contributed by atoms with Crippen molar-refractivity contribution in [2.45, 2.75) is 32.5 Å². The highest BCUT2D eigenvalue weighted by Gasteiger charge is 2.36. The number of fused-ring (bicyclic) bond motifs is 1. The summed E-state index contributed by atoms with van der Waals surface area (Å²) in [4.78, 5) is 16.8. The fourth-order valence-electron chi connectivity index (χ4n) is 2.72. The number of aromatic nitrogens is 2. The van der Waals surface area contributed by atoms with Crippen LogP contribution in [0.1, 0.15) is 26.3 Å². The third-order valence-corrected chi connectivity index (χ3v) is 3.97. The summed E-state index contributed by atoms with van der Waals surface area (Å²) in [6.45, 7) is 4.83. The summed E-state index contributed by atoms with van der Waals surface area (Å²) in [5.74, 6) is -0.880. The number of benzene rings is 1. The van der Waals surface area contributed by atoms with Crippen molar-refractivity contribution < 1.29 is 27.1 Å². The second kappa shape index (κ2) is 6.77. The Bertz CT molecular complexity index is 1070. The molecule has 1 aromatic carbocycles. The van der Waals surface area contributed by atoms with Crippen LogP contribution in [0.3, 0.4) is 0 Å². The Morgan fingerprint density at radius 2 is 1.79 bits per heavy atom. The zero-order valence-corrected chi connectivity index (χ0v) is 15.8. The quantitative estimate of drug-likeness (QED) is 0.347. The highest BCUT2D eigenvalue weighted by molar-refractivity contribution is 6.29. The summed E-state index contributed by atoms with van der Waals surface area (Å²) in [5.41, 5.74) is -2.71. The highest BCUT2D eigenvalue weighted by Crippen LogP contribution is 2.39. The molecule has 2 heterocycles. The minimum absolute atomic E-state index is 0.00846. The SMILES string of the molecule is CC(C)(C)OC(=O)n1c(-c2cc(F)ccc2C(F)(F)F)cc2ccc(Cl)nc21. The summed E-state index contributed by atoms with van der Waals surface area (Å²) in [6.07, 6.45) is -5.71. The number of hydrogen-bond acceptors (Lipinski definition) is 3. The lowest BCUT2D eigenvalue weighted by Crippen LogP contribution is -2.27. The van der Waals surface area contributed by atoms with Gasteiger partial charge in [0.05, 0.1) is 11.3 Å². The normalized spacial score (nSPS) is 12.4. The molecule has 0 saturated carbocycles. The number of rotatable bonds is 1. The predicted molar refractivity (Wildman–Crippen MR) is 96.8 cm³/mol. The molecule has 2 aromatic heterocycles. The van der Waals surface area contributed by atoms with Gasteiger partial charge in [0.15, 0.2) is 5.65 Å². The van der Waals surface area contributed by atoms with E-state index in [1.54, 1.807) is 20.8 Å². The van der Waals surface area contributed by atoms with Crippen molar-refractivity contribution in [2.75, 3.05) is 0 Å². The second-order valence-electron chi connectivity index (χ2n) is 7.08. The zero-order valence-electron chi connectivity index (χ0n) is 15.1. The van der Waals surface area contributed by atoms with Crippen molar-refractivity contribution in [2.24, 2.45) is 0 Å². The van der Waals surface area contributed by atoms with Gasteiger partial charge in [-0.15, -0.1) is 0 Å². The van der Waals surface area contributed by atoms with Crippen LogP contribution in [0.15, 0.2) is 36.4 Å². The minimum Gasteiger partial charge on any atom is -0.443 e. The van der Waals surface area contributed by atoms with Gasteiger partial charge in [0.1, 0.15) is 16.6 Å². The third-order valence-electron chi connectivity index (χ3n) is 3.76. The molecule has 148 valence electrons. The number of alkyl halides is 3. The summed E-state index contributed by atoms with van der Waals surface area (Å²) in [6, 6.07) is 6.31. The lowest BCUT2D eigenvalue weighted by molar-refractivity contribution is -0.137. The lowest BCUT2D eigenvalue weighted by Gasteiger charge is -2.21. The Morgan fingerprint density at radius 3 is 2.39 bits per heavy atom. The number of halogens is 5. The van der Waals surface area contributed by atoms with Crippen LogP contribution in [0.25, 0.3) is 22.3 Å². The van der Waals surface area contributed by atoms with Gasteiger partial charge in [0, 0.05) is 10.9 Å². The first-order valence-electron chi connectivity index (χ1n) is 8.15. The number of carbonyl (C=O) groups excluding carboxylic acids is 1. The zero-order chi connectivity index (χ0) is 20.9. The Labute approximate surface area is 162 Å². The van der Waals surface area contributed by atoms with Crippen molar-refractivity contribution in [3.05, 3.63) is 52.9 Å². The minimum atomic E-state index is -4.76. The van der Waals surface area contributed by atoms with E-state index in [0.29, 0.717) is 17.5 Å². The van der Waals surface area contributed by atoms with Crippen molar-refractivity contribution >= 4 is 28.7 Å². The second-order valence-corrected chi connectivity index (χ2v) is 7.47. The number of pyridine rings is 1. The van der Waals surface area contributed by atoms with Gasteiger partial charge in [-0.3, -0.25) is 0 Å². The van der Waals surface area contributed by atoms with Crippen LogP contribution in [0.4, 0.5) is 22.4 Å². The van der Waals surface area contributed by atoms with E-state index in [2.05, 4.69) is 4.98 Å². The molecule has 0 atom stereocenters. The van der Waals surface area contributed by atoms with Gasteiger partial charge in [-0.05, 0) is 57.2 Å². The average Bonchev–Trinajstić information content (AvgIpc) is 2.90. The largest absolute Gasteiger partial charge is 0.443 e. The molecule has 0 aliphatic heterocycles. The van der Waals surface area contributed by atoms with E-state index in [1.807, 2.05) is 0 Å². The molecular formula is C19H15ClF4N2O2. The fraction of sp³-hybridized carbons (Fsp3) is 0.263. The number of hydrogen-bond donors (Lipinski definition) is 0. The topological polar surface area (TPSA) is 44.1 Å². The number of carbonyl (C=O) groups is 1. The molecule has 0 aliphatic carbocycles. The summed E-state index contributed by atoms with van der Waals surface area (Å²) in [5, 5.41) is 0.389. The molecule has 9 heteroatoms. The molecule has 0 aliphatic rings. The van der Waals surface area contributed by atoms with Gasteiger partial charge < -0.3 is 4.74 Å². The van der Waals surface area contributed by atoms with Crippen LogP contribution in [0, 0.1) is 5.82 Å². The van der Waals surface area contributed by atoms with Crippen LogP contribution < -0.4 is 0 Å². The van der Waals surface area contributed by atoms with E-state index < -0.39 is 34.8 Å². The van der Waals surface area contributed by atoms with Crippen LogP contribution in [0.2, 0.25) is 5.15 Å². The molecule has 0 radical (unpaired) electrons. The van der Waals surface area contributed by atoms with Crippen LogP contribution in [-0.2, 0) is 10.9 Å². The van der Waals surface area contributed by atoms with Crippen molar-refractivity contribution in [1.29, 1.82) is 0 Å². The van der Waals surface area contributed by atoms with E-state index in [-0.39, 0.29) is 16.5 Å². The van der Waals surface area contributed by atoms with E-state index in [0.717, 1.165) is 10.6 Å². The fourth-order valence-corrected chi connectivity index (χ4v) is 2.86. The third kappa shape index (κ3) is 3.96. The maximum atomic E-state index is 13.8. The van der Waals surface area contributed by atoms with Crippen LogP contribution >= 0.6 is 11.6 Å². The average molecular weight is 415 g/mol. The van der Waals surface area contributed by atoms with Crippen LogP contribution in [0.5, 0.6) is 0 Å². The lowest BCUT2D eigenvalue weighted by atomic mass is 10.0. The molecule has 0 spiro atoms. The molecule has 28 heavy (non-hydrogen) atoms. The van der Waals surface area contributed by atoms with E-state index in [9.17, 15) is 22.4 Å². The molecule has 3 aromatic rings. The smallest absolute Gasteiger partial charge is 0.420 e. The first-order valence-corrected chi connectivity index (χ1v) is 8.53. The Kier molecular flexibility index (Phi) is 4.87. The Balaban J connectivity index is 2.35. The molecule has 0 saturated heterocycles. The van der Waals surface area contributed by atoms with Crippen molar-refractivity contribution in [3.8, 4) is 11.3 Å². The summed E-state index contributed by atoms with van der Waals surface area (Å²) >= 11 is 5.90. The molecule has 0 amide bonds. The summed E-state index contributed by atoms with van der Waals surface area (Å²) in [7, 11) is 0. The standard InChI is InChI=1S/C19H15ClF4N2O2/c1-18(2,3)28-17(27)26-14(8-10-4-7-15(20)25-16(10)26)12-9-11(21)5-6-13(12)19(22,23)24/h4-9H,1-3H3. The monoisotopic (exact) mass is 414 g/mol. The van der Waals surface area contributed by atoms with E-state index in [4.69, 9.17) is 16.3 Å². The maximum absolute atomic E-state index is 13.8. The molecular weight excluding hydrogens is 400 g/mol. The molecule has 0 bridgehead atoms. The number of ether oxygens (including phenoxy) is 1. The molecule has 0 unspecified atom stereocenters. The maximum Gasteiger partial charge on any atom is 0.420 e. The first kappa shape index (κ1) is 20.1. The van der Waals surface area contributed by atoms with Gasteiger partial charge in [-0.25, -0.2) is 18.7 Å². The molecule has 4 nitrogen and oxygen atoms in total. The van der Waals surface area contributed by atoms with E-state index in [1.165, 1.54) is 18.2 Å². The highest BCUT2D eigenvalue weighted by atomic mass is 35.5. The molecule has 0 N–H and O–H groups in total. The Morgan fingerprint density at radius 1 is 1.11 bits per heavy atom. The van der Waals surface area contributed by atoms with Gasteiger partial charge >= 0.3 is 12.3 Å². The predicted octanol–water partition coefficient (Wildman–Crippen LogP) is 6.30. The first-order chi connectivity index (χ1) is 12.9. The van der Waals surface area contributed by atoms with Gasteiger partial charge in [-0.1, -0.05) is 11.6 Å². The van der Waals surface area contributed by atoms with Crippen molar-refractivity contribution in [3.63, 3.8) is 0 Å². The molecule has 0 fully saturated rings. The van der Waals surface area contributed by atoms with E-state index >= 15 is 0 Å². The summed E-state index contributed by atoms with van der Waals surface area (Å²) < 4.78 is 60.5. The van der Waals surface area contributed by atoms with Gasteiger partial charge in [0.25, 0.3) is 0 Å². The van der Waals surface area contributed by atoms with Crippen molar-refractivity contribution in [1.82, 2.24) is 9.55 Å². The number of nitrogens with zero attached hydrogens (tertiary/aromatic N) is 2. The Hall–Kier alpha value is -2.61. The van der Waals surface area contributed by atoms with Gasteiger partial charge in [0.2, 0.25) is 0 Å². The molecule has 3 rings (SSSR count).